The van der Waals surface area contributed by atoms with E-state index in [0.29, 0.717) is 11.3 Å². The van der Waals surface area contributed by atoms with Crippen molar-refractivity contribution in [3.8, 4) is 5.75 Å². The van der Waals surface area contributed by atoms with Crippen LogP contribution in [0.1, 0.15) is 11.1 Å². The summed E-state index contributed by atoms with van der Waals surface area (Å²) in [6.45, 7) is 1.73. The number of benzene rings is 2. The Morgan fingerprint density at radius 2 is 1.82 bits per heavy atom. The van der Waals surface area contributed by atoms with Gasteiger partial charge in [0, 0.05) is 0 Å². The highest BCUT2D eigenvalue weighted by Crippen LogP contribution is 2.31. The molecule has 0 saturated heterocycles. The first-order chi connectivity index (χ1) is 10.4. The number of aryl methyl sites for hydroxylation is 1. The van der Waals surface area contributed by atoms with Crippen LogP contribution in [0.5, 0.6) is 5.75 Å². The van der Waals surface area contributed by atoms with Crippen LogP contribution >= 0.6 is 0 Å². The van der Waals surface area contributed by atoms with Crippen LogP contribution in [0.4, 0.5) is 10.5 Å². The molecule has 1 aliphatic rings. The molecule has 2 amide bonds. The SMILES string of the molecule is Cc1ccc2c(c1)NC(=O)N(Cc1ccc(O)cc1)S2(=O)=O. The van der Waals surface area contributed by atoms with E-state index >= 15 is 0 Å². The lowest BCUT2D eigenvalue weighted by molar-refractivity contribution is 0.233. The van der Waals surface area contributed by atoms with Crippen molar-refractivity contribution in [2.75, 3.05) is 5.32 Å². The number of phenols is 1. The van der Waals surface area contributed by atoms with Crippen molar-refractivity contribution in [3.05, 3.63) is 53.6 Å². The van der Waals surface area contributed by atoms with Crippen LogP contribution in [0.25, 0.3) is 0 Å². The zero-order chi connectivity index (χ0) is 15.9. The molecule has 2 N–H and O–H groups in total. The van der Waals surface area contributed by atoms with Crippen LogP contribution in [0.3, 0.4) is 0 Å². The van der Waals surface area contributed by atoms with Gasteiger partial charge in [-0.3, -0.25) is 0 Å². The lowest BCUT2D eigenvalue weighted by atomic mass is 10.2. The molecular formula is C15H14N2O4S. The first-order valence-electron chi connectivity index (χ1n) is 6.60. The zero-order valence-electron chi connectivity index (χ0n) is 11.8. The third-order valence-electron chi connectivity index (χ3n) is 3.43. The number of fused-ring (bicyclic) bond motifs is 1. The summed E-state index contributed by atoms with van der Waals surface area (Å²) < 4.78 is 26.0. The van der Waals surface area contributed by atoms with Crippen LogP contribution in [-0.2, 0) is 16.6 Å². The summed E-state index contributed by atoms with van der Waals surface area (Å²) >= 11 is 0. The number of urea groups is 1. The van der Waals surface area contributed by atoms with E-state index in [0.717, 1.165) is 9.87 Å². The quantitative estimate of drug-likeness (QED) is 0.890. The van der Waals surface area contributed by atoms with Gasteiger partial charge < -0.3 is 10.4 Å². The monoisotopic (exact) mass is 318 g/mol. The minimum absolute atomic E-state index is 0.0792. The molecule has 0 fully saturated rings. The average Bonchev–Trinajstić information content (AvgIpc) is 2.45. The number of amides is 2. The Bertz CT molecular complexity index is 844. The second-order valence-electron chi connectivity index (χ2n) is 5.11. The second-order valence-corrected chi connectivity index (χ2v) is 6.94. The number of aromatic hydroxyl groups is 1. The van der Waals surface area contributed by atoms with Gasteiger partial charge in [0.25, 0.3) is 10.0 Å². The molecule has 3 rings (SSSR count). The number of rotatable bonds is 2. The highest BCUT2D eigenvalue weighted by molar-refractivity contribution is 7.90. The Hall–Kier alpha value is -2.54. The summed E-state index contributed by atoms with van der Waals surface area (Å²) in [4.78, 5) is 12.2. The van der Waals surface area contributed by atoms with Crippen LogP contribution < -0.4 is 5.32 Å². The number of anilines is 1. The van der Waals surface area contributed by atoms with Crippen LogP contribution in [0, 0.1) is 6.92 Å². The first-order valence-corrected chi connectivity index (χ1v) is 8.04. The van der Waals surface area contributed by atoms with Crippen molar-refractivity contribution in [1.82, 2.24) is 4.31 Å². The molecule has 1 heterocycles. The zero-order valence-corrected chi connectivity index (χ0v) is 12.6. The largest absolute Gasteiger partial charge is 0.508 e. The van der Waals surface area contributed by atoms with Gasteiger partial charge in [-0.15, -0.1) is 0 Å². The second kappa shape index (κ2) is 5.03. The summed E-state index contributed by atoms with van der Waals surface area (Å²) in [6.07, 6.45) is 0. The summed E-state index contributed by atoms with van der Waals surface area (Å²) in [5.41, 5.74) is 1.76. The van der Waals surface area contributed by atoms with E-state index < -0.39 is 16.1 Å². The molecule has 0 saturated carbocycles. The third kappa shape index (κ3) is 2.39. The molecule has 0 radical (unpaired) electrons. The summed E-state index contributed by atoms with van der Waals surface area (Å²) in [6, 6.07) is 10.2. The smallest absolute Gasteiger partial charge is 0.336 e. The number of nitrogens with zero attached hydrogens (tertiary/aromatic N) is 1. The fourth-order valence-electron chi connectivity index (χ4n) is 2.30. The van der Waals surface area contributed by atoms with E-state index in [4.69, 9.17) is 0 Å². The molecule has 0 atom stereocenters. The number of carbonyl (C=O) groups excluding carboxylic acids is 1. The topological polar surface area (TPSA) is 86.7 Å². The molecular weight excluding hydrogens is 304 g/mol. The lowest BCUT2D eigenvalue weighted by Crippen LogP contribution is -2.43. The molecule has 2 aromatic carbocycles. The predicted molar refractivity (Wildman–Crippen MR) is 81.0 cm³/mol. The van der Waals surface area contributed by atoms with Crippen molar-refractivity contribution in [1.29, 1.82) is 0 Å². The van der Waals surface area contributed by atoms with E-state index in [1.165, 1.54) is 18.2 Å². The Labute approximate surface area is 128 Å². The molecule has 22 heavy (non-hydrogen) atoms. The van der Waals surface area contributed by atoms with Crippen molar-refractivity contribution in [2.45, 2.75) is 18.4 Å². The fraction of sp³-hybridized carbons (Fsp3) is 0.133. The van der Waals surface area contributed by atoms with Crippen molar-refractivity contribution < 1.29 is 18.3 Å². The fourth-order valence-corrected chi connectivity index (χ4v) is 3.74. The normalized spacial score (nSPS) is 16.0. The standard InChI is InChI=1S/C15H14N2O4S/c1-10-2-7-14-13(8-10)16-15(19)17(22(14,20)21)9-11-3-5-12(18)6-4-11/h2-8,18H,9H2,1H3,(H,16,19). The maximum absolute atomic E-state index is 12.6. The summed E-state index contributed by atoms with van der Waals surface area (Å²) in [5, 5.41) is 11.9. The number of carbonyl (C=O) groups is 1. The average molecular weight is 318 g/mol. The molecule has 0 aromatic heterocycles. The molecule has 1 aliphatic heterocycles. The molecule has 0 aliphatic carbocycles. The van der Waals surface area contributed by atoms with Gasteiger partial charge in [-0.2, -0.15) is 0 Å². The van der Waals surface area contributed by atoms with Crippen LogP contribution in [-0.4, -0.2) is 23.9 Å². The number of hydrogen-bond donors (Lipinski definition) is 2. The number of hydrogen-bond acceptors (Lipinski definition) is 4. The molecule has 114 valence electrons. The molecule has 0 bridgehead atoms. The number of nitrogens with one attached hydrogen (secondary N) is 1. The highest BCUT2D eigenvalue weighted by Gasteiger charge is 2.36. The Morgan fingerprint density at radius 3 is 2.50 bits per heavy atom. The molecule has 2 aromatic rings. The van der Waals surface area contributed by atoms with Gasteiger partial charge in [0.05, 0.1) is 12.2 Å². The summed E-state index contributed by atoms with van der Waals surface area (Å²) in [7, 11) is -3.90. The highest BCUT2D eigenvalue weighted by atomic mass is 32.2. The van der Waals surface area contributed by atoms with Gasteiger partial charge in [-0.05, 0) is 42.3 Å². The van der Waals surface area contributed by atoms with Crippen molar-refractivity contribution in [3.63, 3.8) is 0 Å². The van der Waals surface area contributed by atoms with Crippen molar-refractivity contribution >= 4 is 21.7 Å². The van der Waals surface area contributed by atoms with E-state index in [9.17, 15) is 18.3 Å². The van der Waals surface area contributed by atoms with Gasteiger partial charge in [0.15, 0.2) is 0 Å². The molecule has 0 spiro atoms. The minimum atomic E-state index is -3.90. The van der Waals surface area contributed by atoms with Gasteiger partial charge in [-0.25, -0.2) is 17.5 Å². The predicted octanol–water partition coefficient (Wildman–Crippen LogP) is 2.44. The van der Waals surface area contributed by atoms with E-state index in [-0.39, 0.29) is 17.2 Å². The van der Waals surface area contributed by atoms with Crippen LogP contribution in [0.2, 0.25) is 0 Å². The molecule has 6 nitrogen and oxygen atoms in total. The molecule has 0 unspecified atom stereocenters. The van der Waals surface area contributed by atoms with Crippen LogP contribution in [0.15, 0.2) is 47.4 Å². The van der Waals surface area contributed by atoms with Gasteiger partial charge in [-0.1, -0.05) is 18.2 Å². The maximum Gasteiger partial charge on any atom is 0.336 e. The minimum Gasteiger partial charge on any atom is -0.508 e. The summed E-state index contributed by atoms with van der Waals surface area (Å²) in [5.74, 6) is 0.0792. The van der Waals surface area contributed by atoms with Gasteiger partial charge >= 0.3 is 6.03 Å². The van der Waals surface area contributed by atoms with Gasteiger partial charge in [0.2, 0.25) is 0 Å². The molecule has 7 heteroatoms. The maximum atomic E-state index is 12.6. The number of sulfonamides is 1. The van der Waals surface area contributed by atoms with Gasteiger partial charge in [0.1, 0.15) is 10.6 Å². The number of phenolic OH excluding ortho intramolecular Hbond substituents is 1. The third-order valence-corrected chi connectivity index (χ3v) is 5.22. The first kappa shape index (κ1) is 14.4. The Morgan fingerprint density at radius 1 is 1.14 bits per heavy atom. The Balaban J connectivity index is 2.00. The lowest BCUT2D eigenvalue weighted by Gasteiger charge is -2.29. The van der Waals surface area contributed by atoms with E-state index in [1.54, 1.807) is 24.3 Å². The van der Waals surface area contributed by atoms with Crippen molar-refractivity contribution in [2.24, 2.45) is 0 Å². The Kier molecular flexibility index (Phi) is 3.29. The van der Waals surface area contributed by atoms with E-state index in [1.807, 2.05) is 6.92 Å². The van der Waals surface area contributed by atoms with E-state index in [2.05, 4.69) is 5.32 Å².